The molecule has 0 aliphatic carbocycles. The van der Waals surface area contributed by atoms with Crippen molar-refractivity contribution in [1.82, 2.24) is 0 Å². The molecule has 0 saturated carbocycles. The summed E-state index contributed by atoms with van der Waals surface area (Å²) >= 11 is 0. The number of aryl methyl sites for hydroxylation is 3. The van der Waals surface area contributed by atoms with E-state index in [2.05, 4.69) is 105 Å². The van der Waals surface area contributed by atoms with Crippen LogP contribution in [0.2, 0.25) is 0 Å². The molecule has 0 N–H and O–H groups in total. The van der Waals surface area contributed by atoms with Crippen LogP contribution in [-0.2, 0) is 0 Å². The molecule has 0 nitrogen and oxygen atoms in total. The Morgan fingerprint density at radius 1 is 0.692 bits per heavy atom. The first kappa shape index (κ1) is 26.4. The molecule has 146 valence electrons. The van der Waals surface area contributed by atoms with Crippen LogP contribution >= 0.6 is 0 Å². The van der Waals surface area contributed by atoms with Crippen molar-refractivity contribution in [1.29, 1.82) is 0 Å². The summed E-state index contributed by atoms with van der Waals surface area (Å²) in [5.74, 6) is 0. The van der Waals surface area contributed by atoms with Gasteiger partial charge in [-0.15, -0.1) is 13.2 Å². The molecule has 0 heterocycles. The number of benzene rings is 2. The molecule has 0 aliphatic rings. The summed E-state index contributed by atoms with van der Waals surface area (Å²) in [6, 6.07) is 13.2. The molecule has 0 heteroatoms. The van der Waals surface area contributed by atoms with Gasteiger partial charge in [0.2, 0.25) is 0 Å². The third-order valence-electron chi connectivity index (χ3n) is 4.13. The second-order valence-electron chi connectivity index (χ2n) is 6.61. The second-order valence-corrected chi connectivity index (χ2v) is 6.61. The van der Waals surface area contributed by atoms with Gasteiger partial charge in [0.25, 0.3) is 0 Å². The highest BCUT2D eigenvalue weighted by Gasteiger charge is 2.04. The molecule has 0 aromatic heterocycles. The van der Waals surface area contributed by atoms with Crippen molar-refractivity contribution in [2.45, 2.75) is 81.1 Å². The van der Waals surface area contributed by atoms with Crippen LogP contribution in [0.1, 0.15) is 75.6 Å². The third kappa shape index (κ3) is 10.2. The van der Waals surface area contributed by atoms with Gasteiger partial charge in [0.15, 0.2) is 0 Å². The van der Waals surface area contributed by atoms with Crippen LogP contribution in [-0.4, -0.2) is 0 Å². The van der Waals surface area contributed by atoms with E-state index in [1.54, 1.807) is 0 Å². The topological polar surface area (TPSA) is 0 Å². The highest BCUT2D eigenvalue weighted by molar-refractivity contribution is 5.69. The Labute approximate surface area is 164 Å². The molecule has 0 fully saturated rings. The summed E-state index contributed by atoms with van der Waals surface area (Å²) in [4.78, 5) is 0. The fourth-order valence-corrected chi connectivity index (χ4v) is 2.33. The van der Waals surface area contributed by atoms with Gasteiger partial charge in [0, 0.05) is 0 Å². The van der Waals surface area contributed by atoms with Crippen molar-refractivity contribution >= 4 is 0 Å². The summed E-state index contributed by atoms with van der Waals surface area (Å²) in [7, 11) is 0. The van der Waals surface area contributed by atoms with Gasteiger partial charge >= 0.3 is 0 Å². The lowest BCUT2D eigenvalue weighted by atomic mass is 9.95. The molecule has 0 saturated heterocycles. The van der Waals surface area contributed by atoms with E-state index in [0.29, 0.717) is 0 Å². The fourth-order valence-electron chi connectivity index (χ4n) is 2.33. The lowest BCUT2D eigenvalue weighted by Crippen LogP contribution is -1.88. The lowest BCUT2D eigenvalue weighted by Gasteiger charge is -2.10. The number of unbranched alkanes of at least 4 members (excludes halogenated alkanes) is 2. The van der Waals surface area contributed by atoms with Gasteiger partial charge in [-0.25, -0.2) is 0 Å². The molecular weight excluding hydrogens is 312 g/mol. The fraction of sp³-hybridized carbons (Fsp3) is 0.462. The predicted molar refractivity (Wildman–Crippen MR) is 123 cm³/mol. The van der Waals surface area contributed by atoms with Crippen LogP contribution in [0.3, 0.4) is 0 Å². The monoisotopic (exact) mass is 354 g/mol. The molecular formula is C26H42. The van der Waals surface area contributed by atoms with Gasteiger partial charge in [-0.2, -0.15) is 0 Å². The lowest BCUT2D eigenvalue weighted by molar-refractivity contribution is 0.772. The minimum atomic E-state index is 1.25. The first-order valence-corrected chi connectivity index (χ1v) is 10.1. The number of hydrogen-bond donors (Lipinski definition) is 0. The molecule has 26 heavy (non-hydrogen) atoms. The summed E-state index contributed by atoms with van der Waals surface area (Å²) < 4.78 is 0. The summed E-state index contributed by atoms with van der Waals surface area (Å²) in [6.45, 7) is 23.4. The maximum absolute atomic E-state index is 3.00. The van der Waals surface area contributed by atoms with Crippen LogP contribution in [0, 0.1) is 27.7 Å². The zero-order chi connectivity index (χ0) is 20.5. The summed E-state index contributed by atoms with van der Waals surface area (Å²) in [5.41, 5.74) is 8.13. The van der Waals surface area contributed by atoms with Crippen molar-refractivity contribution in [3.63, 3.8) is 0 Å². The van der Waals surface area contributed by atoms with Crippen molar-refractivity contribution in [2.75, 3.05) is 0 Å². The number of rotatable bonds is 3. The van der Waals surface area contributed by atoms with Gasteiger partial charge in [0.05, 0.1) is 0 Å². The molecule has 0 bridgehead atoms. The SMILES string of the molecule is C=C.CCC.CCCCC.Cc1ccc(-c2cccc(C)c2C)cc1C. The van der Waals surface area contributed by atoms with Crippen molar-refractivity contribution in [3.05, 3.63) is 71.8 Å². The molecule has 2 aromatic rings. The molecule has 0 unspecified atom stereocenters. The van der Waals surface area contributed by atoms with Gasteiger partial charge in [-0.1, -0.05) is 89.8 Å². The Bertz CT molecular complexity index is 591. The first-order chi connectivity index (χ1) is 12.4. The Morgan fingerprint density at radius 2 is 1.23 bits per heavy atom. The Morgan fingerprint density at radius 3 is 1.65 bits per heavy atom. The molecule has 0 radical (unpaired) electrons. The quantitative estimate of drug-likeness (QED) is 0.482. The Hall–Kier alpha value is -1.82. The molecule has 0 amide bonds. The van der Waals surface area contributed by atoms with E-state index >= 15 is 0 Å². The maximum atomic E-state index is 3.00. The molecule has 2 rings (SSSR count). The van der Waals surface area contributed by atoms with Gasteiger partial charge in [0.1, 0.15) is 0 Å². The van der Waals surface area contributed by atoms with Crippen molar-refractivity contribution in [3.8, 4) is 11.1 Å². The second kappa shape index (κ2) is 16.6. The van der Waals surface area contributed by atoms with Gasteiger partial charge in [-0.05, 0) is 61.1 Å². The van der Waals surface area contributed by atoms with Crippen LogP contribution in [0.4, 0.5) is 0 Å². The summed E-state index contributed by atoms with van der Waals surface area (Å²) in [6.07, 6.45) is 5.33. The van der Waals surface area contributed by atoms with E-state index < -0.39 is 0 Å². The van der Waals surface area contributed by atoms with E-state index in [4.69, 9.17) is 0 Å². The van der Waals surface area contributed by atoms with Crippen LogP contribution in [0.25, 0.3) is 11.1 Å². The zero-order valence-electron chi connectivity index (χ0n) is 18.7. The highest BCUT2D eigenvalue weighted by atomic mass is 14.1. The van der Waals surface area contributed by atoms with Gasteiger partial charge in [-0.3, -0.25) is 0 Å². The minimum Gasteiger partial charge on any atom is -0.106 e. The third-order valence-corrected chi connectivity index (χ3v) is 4.13. The Kier molecular flexibility index (Phi) is 16.9. The van der Waals surface area contributed by atoms with E-state index in [1.807, 2.05) is 0 Å². The molecule has 2 aromatic carbocycles. The first-order valence-electron chi connectivity index (χ1n) is 10.1. The van der Waals surface area contributed by atoms with Crippen LogP contribution in [0.5, 0.6) is 0 Å². The molecule has 0 spiro atoms. The highest BCUT2D eigenvalue weighted by Crippen LogP contribution is 2.26. The molecule has 0 aliphatic heterocycles. The normalized spacial score (nSPS) is 8.92. The number of hydrogen-bond acceptors (Lipinski definition) is 0. The van der Waals surface area contributed by atoms with Gasteiger partial charge < -0.3 is 0 Å². The predicted octanol–water partition coefficient (Wildman–Crippen LogP) is 9.00. The van der Waals surface area contributed by atoms with Crippen molar-refractivity contribution in [2.24, 2.45) is 0 Å². The zero-order valence-corrected chi connectivity index (χ0v) is 18.7. The smallest absolute Gasteiger partial charge is 0.0152 e. The van der Waals surface area contributed by atoms with Crippen LogP contribution < -0.4 is 0 Å². The maximum Gasteiger partial charge on any atom is -0.0152 e. The van der Waals surface area contributed by atoms with E-state index in [1.165, 1.54) is 59.1 Å². The van der Waals surface area contributed by atoms with E-state index in [9.17, 15) is 0 Å². The average molecular weight is 355 g/mol. The molecule has 0 atom stereocenters. The van der Waals surface area contributed by atoms with Crippen molar-refractivity contribution < 1.29 is 0 Å². The van der Waals surface area contributed by atoms with E-state index in [-0.39, 0.29) is 0 Å². The Balaban J connectivity index is 0. The largest absolute Gasteiger partial charge is 0.106 e. The minimum absolute atomic E-state index is 1.25. The standard InChI is InChI=1S/C16H18.C5H12.C3H8.C2H4/c1-11-8-9-15(10-13(11)3)16-7-5-6-12(2)14(16)4;1-3-5-4-2;1-3-2;1-2/h5-10H,1-4H3;3-5H2,1-2H3;3H2,1-2H3;1-2H2. The van der Waals surface area contributed by atoms with Crippen LogP contribution in [0.15, 0.2) is 49.6 Å². The van der Waals surface area contributed by atoms with E-state index in [0.717, 1.165) is 0 Å². The average Bonchev–Trinajstić information content (AvgIpc) is 2.63. The summed E-state index contributed by atoms with van der Waals surface area (Å²) in [5, 5.41) is 0.